The summed E-state index contributed by atoms with van der Waals surface area (Å²) in [6.45, 7) is 15.1. The van der Waals surface area contributed by atoms with Crippen LogP contribution in [0.4, 0.5) is 11.4 Å². The first-order valence-corrected chi connectivity index (χ1v) is 6.15. The minimum atomic E-state index is -0.0185. The van der Waals surface area contributed by atoms with E-state index >= 15 is 0 Å². The average Bonchev–Trinajstić information content (AvgIpc) is 2.07. The molecule has 0 spiro atoms. The molecular formula is C15H26N2. The Morgan fingerprint density at radius 2 is 1.35 bits per heavy atom. The summed E-state index contributed by atoms with van der Waals surface area (Å²) < 4.78 is 0. The van der Waals surface area contributed by atoms with Crippen LogP contribution >= 0.6 is 0 Å². The maximum absolute atomic E-state index is 6.29. The second-order valence-electron chi connectivity index (χ2n) is 6.93. The van der Waals surface area contributed by atoms with Gasteiger partial charge in [-0.15, -0.1) is 0 Å². The molecule has 0 saturated carbocycles. The molecule has 4 N–H and O–H groups in total. The maximum Gasteiger partial charge on any atom is 0.0405 e. The number of nitrogen functional groups attached to an aromatic ring is 2. The third kappa shape index (κ3) is 2.56. The molecule has 0 aliphatic rings. The Morgan fingerprint density at radius 1 is 0.882 bits per heavy atom. The molecular weight excluding hydrogens is 208 g/mol. The molecule has 17 heavy (non-hydrogen) atoms. The predicted molar refractivity (Wildman–Crippen MR) is 77.4 cm³/mol. The van der Waals surface area contributed by atoms with Crippen molar-refractivity contribution in [1.29, 1.82) is 0 Å². The Labute approximate surface area is 105 Å². The van der Waals surface area contributed by atoms with Gasteiger partial charge in [0.15, 0.2) is 0 Å². The van der Waals surface area contributed by atoms with Gasteiger partial charge in [-0.25, -0.2) is 0 Å². The number of benzene rings is 1. The van der Waals surface area contributed by atoms with Crippen LogP contribution in [0.3, 0.4) is 0 Å². The van der Waals surface area contributed by atoms with E-state index in [-0.39, 0.29) is 10.8 Å². The third-order valence-corrected chi connectivity index (χ3v) is 3.22. The average molecular weight is 234 g/mol. The van der Waals surface area contributed by atoms with Crippen LogP contribution < -0.4 is 11.5 Å². The lowest BCUT2D eigenvalue weighted by Gasteiger charge is -2.29. The fourth-order valence-electron chi connectivity index (χ4n) is 2.44. The Balaban J connectivity index is 3.60. The van der Waals surface area contributed by atoms with Gasteiger partial charge < -0.3 is 11.5 Å². The summed E-state index contributed by atoms with van der Waals surface area (Å²) >= 11 is 0. The molecule has 0 fully saturated rings. The molecule has 1 rings (SSSR count). The van der Waals surface area contributed by atoms with Crippen LogP contribution in [-0.2, 0) is 10.8 Å². The van der Waals surface area contributed by atoms with Gasteiger partial charge in [-0.2, -0.15) is 0 Å². The maximum atomic E-state index is 6.29. The molecule has 0 unspecified atom stereocenters. The van der Waals surface area contributed by atoms with Gasteiger partial charge in [0.25, 0.3) is 0 Å². The number of nitrogens with two attached hydrogens (primary N) is 2. The highest BCUT2D eigenvalue weighted by Gasteiger charge is 2.26. The van der Waals surface area contributed by atoms with Gasteiger partial charge in [-0.3, -0.25) is 0 Å². The molecule has 0 aromatic heterocycles. The van der Waals surface area contributed by atoms with Crippen LogP contribution in [0.15, 0.2) is 6.07 Å². The van der Waals surface area contributed by atoms with Crippen LogP contribution in [0.2, 0.25) is 0 Å². The summed E-state index contributed by atoms with van der Waals surface area (Å²) in [7, 11) is 0. The van der Waals surface area contributed by atoms with Gasteiger partial charge in [0.1, 0.15) is 0 Å². The Kier molecular flexibility index (Phi) is 3.21. The Bertz CT molecular complexity index is 432. The van der Waals surface area contributed by atoms with E-state index in [1.807, 2.05) is 0 Å². The molecule has 2 nitrogen and oxygen atoms in total. The highest BCUT2D eigenvalue weighted by molar-refractivity contribution is 5.70. The van der Waals surface area contributed by atoms with E-state index in [2.05, 4.69) is 54.5 Å². The van der Waals surface area contributed by atoms with Crippen molar-refractivity contribution in [3.8, 4) is 0 Å². The summed E-state index contributed by atoms with van der Waals surface area (Å²) in [5.74, 6) is 0. The summed E-state index contributed by atoms with van der Waals surface area (Å²) in [5, 5.41) is 0. The van der Waals surface area contributed by atoms with Crippen molar-refractivity contribution < 1.29 is 0 Å². The summed E-state index contributed by atoms with van der Waals surface area (Å²) in [4.78, 5) is 0. The zero-order chi connectivity index (χ0) is 13.6. The van der Waals surface area contributed by atoms with Crippen LogP contribution in [0.5, 0.6) is 0 Å². The number of rotatable bonds is 0. The molecule has 2 heteroatoms. The SMILES string of the molecule is Cc1c(C(C)(C)C)cc(N)c(C(C)(C)C)c1N. The minimum absolute atomic E-state index is 0.0185. The van der Waals surface area contributed by atoms with E-state index in [1.165, 1.54) is 5.56 Å². The molecule has 0 radical (unpaired) electrons. The Hall–Kier alpha value is -1.18. The van der Waals surface area contributed by atoms with Gasteiger partial charge in [0, 0.05) is 16.9 Å². The van der Waals surface area contributed by atoms with Crippen LogP contribution in [-0.4, -0.2) is 0 Å². The molecule has 0 amide bonds. The standard InChI is InChI=1S/C15H26N2/c1-9-10(14(2,3)4)8-11(16)12(13(9)17)15(5,6)7/h8H,16-17H2,1-7H3. The van der Waals surface area contributed by atoms with Crippen molar-refractivity contribution in [3.63, 3.8) is 0 Å². The Morgan fingerprint density at radius 3 is 1.71 bits per heavy atom. The molecule has 0 aliphatic heterocycles. The van der Waals surface area contributed by atoms with E-state index < -0.39 is 0 Å². The van der Waals surface area contributed by atoms with E-state index in [4.69, 9.17) is 11.5 Å². The van der Waals surface area contributed by atoms with E-state index in [0.29, 0.717) is 0 Å². The zero-order valence-electron chi connectivity index (χ0n) is 12.2. The van der Waals surface area contributed by atoms with Gasteiger partial charge >= 0.3 is 0 Å². The molecule has 1 aromatic carbocycles. The smallest absolute Gasteiger partial charge is 0.0405 e. The summed E-state index contributed by atoms with van der Waals surface area (Å²) in [6.07, 6.45) is 0. The van der Waals surface area contributed by atoms with Crippen molar-refractivity contribution in [2.45, 2.75) is 59.3 Å². The minimum Gasteiger partial charge on any atom is -0.398 e. The van der Waals surface area contributed by atoms with Crippen LogP contribution in [0.25, 0.3) is 0 Å². The van der Waals surface area contributed by atoms with Crippen molar-refractivity contribution in [3.05, 3.63) is 22.8 Å². The number of hydrogen-bond donors (Lipinski definition) is 2. The number of anilines is 2. The molecule has 0 saturated heterocycles. The largest absolute Gasteiger partial charge is 0.398 e. The highest BCUT2D eigenvalue weighted by atomic mass is 14.7. The van der Waals surface area contributed by atoms with E-state index in [1.54, 1.807) is 0 Å². The van der Waals surface area contributed by atoms with Crippen molar-refractivity contribution in [1.82, 2.24) is 0 Å². The first kappa shape index (κ1) is 13.9. The zero-order valence-corrected chi connectivity index (χ0v) is 12.2. The van der Waals surface area contributed by atoms with Crippen molar-refractivity contribution in [2.75, 3.05) is 11.5 Å². The van der Waals surface area contributed by atoms with E-state index in [9.17, 15) is 0 Å². The predicted octanol–water partition coefficient (Wildman–Crippen LogP) is 3.75. The quantitative estimate of drug-likeness (QED) is 0.672. The van der Waals surface area contributed by atoms with Crippen molar-refractivity contribution >= 4 is 11.4 Å². The lowest BCUT2D eigenvalue weighted by atomic mass is 9.77. The summed E-state index contributed by atoms with van der Waals surface area (Å²) in [6, 6.07) is 2.09. The lowest BCUT2D eigenvalue weighted by Crippen LogP contribution is -2.21. The van der Waals surface area contributed by atoms with E-state index in [0.717, 1.165) is 22.5 Å². The molecule has 0 atom stereocenters. The first-order valence-electron chi connectivity index (χ1n) is 6.15. The molecule has 0 aliphatic carbocycles. The summed E-state index contributed by atoms with van der Waals surface area (Å²) in [5.41, 5.74) is 17.7. The topological polar surface area (TPSA) is 52.0 Å². The fraction of sp³-hybridized carbons (Fsp3) is 0.600. The van der Waals surface area contributed by atoms with Gasteiger partial charge in [-0.1, -0.05) is 41.5 Å². The molecule has 0 heterocycles. The normalized spacial score (nSPS) is 12.9. The number of hydrogen-bond acceptors (Lipinski definition) is 2. The fourth-order valence-corrected chi connectivity index (χ4v) is 2.44. The van der Waals surface area contributed by atoms with Gasteiger partial charge in [0.05, 0.1) is 0 Å². The highest BCUT2D eigenvalue weighted by Crippen LogP contribution is 2.39. The molecule has 0 bridgehead atoms. The lowest BCUT2D eigenvalue weighted by molar-refractivity contribution is 0.577. The van der Waals surface area contributed by atoms with Crippen LogP contribution in [0.1, 0.15) is 58.2 Å². The first-order chi connectivity index (χ1) is 7.46. The van der Waals surface area contributed by atoms with Crippen molar-refractivity contribution in [2.24, 2.45) is 0 Å². The third-order valence-electron chi connectivity index (χ3n) is 3.22. The molecule has 1 aromatic rings. The van der Waals surface area contributed by atoms with Gasteiger partial charge in [0.2, 0.25) is 0 Å². The second kappa shape index (κ2) is 3.94. The van der Waals surface area contributed by atoms with Gasteiger partial charge in [-0.05, 0) is 34.9 Å². The monoisotopic (exact) mass is 234 g/mol. The van der Waals surface area contributed by atoms with Crippen LogP contribution in [0, 0.1) is 6.92 Å². The second-order valence-corrected chi connectivity index (χ2v) is 6.93. The molecule has 96 valence electrons.